The monoisotopic (exact) mass is 480 g/mol. The van der Waals surface area contributed by atoms with Crippen molar-refractivity contribution in [2.45, 2.75) is 116 Å². The van der Waals surface area contributed by atoms with Crippen molar-refractivity contribution < 1.29 is 9.47 Å². The molecule has 1 aliphatic carbocycles. The molecule has 1 fully saturated rings. The van der Waals surface area contributed by atoms with Gasteiger partial charge in [0.25, 0.3) is 0 Å². The van der Waals surface area contributed by atoms with Gasteiger partial charge in [-0.3, -0.25) is 0 Å². The Labute approximate surface area is 214 Å². The third-order valence-corrected chi connectivity index (χ3v) is 7.26. The molecule has 0 saturated heterocycles. The van der Waals surface area contributed by atoms with E-state index in [0.717, 1.165) is 54.9 Å². The molecule has 0 unspecified atom stereocenters. The average Bonchev–Trinajstić information content (AvgIpc) is 2.91. The second kappa shape index (κ2) is 17.3. The van der Waals surface area contributed by atoms with E-state index >= 15 is 0 Å². The molecule has 1 heterocycles. The molecule has 0 N–H and O–H groups in total. The van der Waals surface area contributed by atoms with E-state index in [9.17, 15) is 0 Å². The van der Waals surface area contributed by atoms with Crippen LogP contribution < -0.4 is 9.47 Å². The van der Waals surface area contributed by atoms with Gasteiger partial charge in [0.1, 0.15) is 5.75 Å². The fourth-order valence-electron chi connectivity index (χ4n) is 5.04. The highest BCUT2D eigenvalue weighted by Crippen LogP contribution is 2.28. The summed E-state index contributed by atoms with van der Waals surface area (Å²) in [4.78, 5) is 9.00. The van der Waals surface area contributed by atoms with Crippen molar-refractivity contribution in [1.82, 2.24) is 9.97 Å². The smallest absolute Gasteiger partial charge is 0.159 e. The lowest BCUT2D eigenvalue weighted by molar-refractivity contribution is 0.291. The molecule has 1 aromatic heterocycles. The summed E-state index contributed by atoms with van der Waals surface area (Å²) in [7, 11) is 0. The van der Waals surface area contributed by atoms with Gasteiger partial charge in [0.2, 0.25) is 0 Å². The normalized spacial score (nSPS) is 14.2. The molecular weight excluding hydrogens is 432 g/mol. The van der Waals surface area contributed by atoms with Crippen molar-refractivity contribution in [1.29, 1.82) is 0 Å². The lowest BCUT2D eigenvalue weighted by Gasteiger charge is -2.21. The van der Waals surface area contributed by atoms with Crippen LogP contribution in [0.2, 0.25) is 0 Å². The second-order valence-corrected chi connectivity index (χ2v) is 10.3. The van der Waals surface area contributed by atoms with E-state index in [1.54, 1.807) is 12.4 Å². The molecule has 1 aromatic carbocycles. The minimum atomic E-state index is 0.722. The van der Waals surface area contributed by atoms with Gasteiger partial charge in [-0.2, -0.15) is 0 Å². The topological polar surface area (TPSA) is 44.2 Å². The number of nitrogens with zero attached hydrogens (tertiary/aromatic N) is 2. The summed E-state index contributed by atoms with van der Waals surface area (Å²) in [6.07, 6.45) is 26.5. The van der Waals surface area contributed by atoms with Crippen molar-refractivity contribution in [3.8, 4) is 22.9 Å². The summed E-state index contributed by atoms with van der Waals surface area (Å²) >= 11 is 0. The molecule has 0 aliphatic heterocycles. The van der Waals surface area contributed by atoms with Crippen molar-refractivity contribution in [2.24, 2.45) is 5.92 Å². The van der Waals surface area contributed by atoms with Gasteiger partial charge >= 0.3 is 0 Å². The van der Waals surface area contributed by atoms with Crippen molar-refractivity contribution in [3.05, 3.63) is 36.7 Å². The Bertz CT molecular complexity index is 770. The highest BCUT2D eigenvalue weighted by molar-refractivity contribution is 5.56. The Kier molecular flexibility index (Phi) is 13.6. The lowest BCUT2D eigenvalue weighted by atomic mass is 9.86. The van der Waals surface area contributed by atoms with Gasteiger partial charge in [-0.25, -0.2) is 9.97 Å². The maximum absolute atomic E-state index is 5.91. The summed E-state index contributed by atoms with van der Waals surface area (Å²) in [6, 6.07) is 8.10. The average molecular weight is 481 g/mol. The van der Waals surface area contributed by atoms with Crippen LogP contribution in [0.25, 0.3) is 11.4 Å². The molecule has 1 saturated carbocycles. The Morgan fingerprint density at radius 3 is 1.89 bits per heavy atom. The fourth-order valence-corrected chi connectivity index (χ4v) is 5.04. The maximum atomic E-state index is 5.91. The SMILES string of the molecule is CCCCCCCCCCOc1ccc(-c2ncc(OCCCCCC3CCCCC3)cn2)cc1. The van der Waals surface area contributed by atoms with E-state index in [2.05, 4.69) is 16.9 Å². The predicted molar refractivity (Wildman–Crippen MR) is 146 cm³/mol. The summed E-state index contributed by atoms with van der Waals surface area (Å²) in [6.45, 7) is 3.80. The van der Waals surface area contributed by atoms with Gasteiger partial charge in [-0.1, -0.05) is 103 Å². The number of benzene rings is 1. The van der Waals surface area contributed by atoms with Crippen LogP contribution >= 0.6 is 0 Å². The van der Waals surface area contributed by atoms with Crippen molar-refractivity contribution >= 4 is 0 Å². The van der Waals surface area contributed by atoms with E-state index in [1.807, 2.05) is 24.3 Å². The first-order valence-electron chi connectivity index (χ1n) is 14.5. The van der Waals surface area contributed by atoms with Gasteiger partial charge in [0, 0.05) is 5.56 Å². The van der Waals surface area contributed by atoms with Crippen LogP contribution in [0.15, 0.2) is 36.7 Å². The van der Waals surface area contributed by atoms with Gasteiger partial charge in [-0.05, 0) is 43.0 Å². The molecule has 35 heavy (non-hydrogen) atoms. The van der Waals surface area contributed by atoms with Gasteiger partial charge in [0.15, 0.2) is 11.6 Å². The molecular formula is C31H48N2O2. The first kappa shape index (κ1) is 27.5. The van der Waals surface area contributed by atoms with E-state index in [1.165, 1.54) is 96.3 Å². The summed E-state index contributed by atoms with van der Waals surface area (Å²) in [5.74, 6) is 3.38. The molecule has 0 bridgehead atoms. The molecule has 4 nitrogen and oxygen atoms in total. The molecule has 3 rings (SSSR count). The Morgan fingerprint density at radius 2 is 1.23 bits per heavy atom. The van der Waals surface area contributed by atoms with Crippen LogP contribution in [0.5, 0.6) is 11.5 Å². The highest BCUT2D eigenvalue weighted by Gasteiger charge is 2.12. The second-order valence-electron chi connectivity index (χ2n) is 10.3. The summed E-state index contributed by atoms with van der Waals surface area (Å²) < 4.78 is 11.8. The standard InChI is InChI=1S/C31H48N2O2/c1-2-3-4-5-6-7-8-14-23-34-29-21-19-28(20-22-29)31-32-25-30(26-33-31)35-24-15-10-13-18-27-16-11-9-12-17-27/h19-22,25-27H,2-18,23-24H2,1H3. The van der Waals surface area contributed by atoms with Crippen LogP contribution in [-0.2, 0) is 0 Å². The number of rotatable bonds is 18. The number of hydrogen-bond donors (Lipinski definition) is 0. The number of ether oxygens (including phenoxy) is 2. The number of hydrogen-bond acceptors (Lipinski definition) is 4. The largest absolute Gasteiger partial charge is 0.494 e. The minimum Gasteiger partial charge on any atom is -0.494 e. The molecule has 1 aliphatic rings. The quantitative estimate of drug-likeness (QED) is 0.199. The van der Waals surface area contributed by atoms with Gasteiger partial charge in [0.05, 0.1) is 25.6 Å². The zero-order chi connectivity index (χ0) is 24.4. The first-order chi connectivity index (χ1) is 17.3. The van der Waals surface area contributed by atoms with Crippen molar-refractivity contribution in [2.75, 3.05) is 13.2 Å². The Hall–Kier alpha value is -2.10. The number of unbranched alkanes of at least 4 members (excludes halogenated alkanes) is 9. The van der Waals surface area contributed by atoms with Crippen LogP contribution in [-0.4, -0.2) is 23.2 Å². The van der Waals surface area contributed by atoms with Crippen LogP contribution in [0.1, 0.15) is 116 Å². The molecule has 4 heteroatoms. The number of aromatic nitrogens is 2. The molecule has 0 radical (unpaired) electrons. The van der Waals surface area contributed by atoms with E-state index < -0.39 is 0 Å². The molecule has 0 atom stereocenters. The van der Waals surface area contributed by atoms with E-state index in [0.29, 0.717) is 0 Å². The third-order valence-electron chi connectivity index (χ3n) is 7.26. The summed E-state index contributed by atoms with van der Waals surface area (Å²) in [5, 5.41) is 0. The molecule has 194 valence electrons. The highest BCUT2D eigenvalue weighted by atomic mass is 16.5. The van der Waals surface area contributed by atoms with Gasteiger partial charge < -0.3 is 9.47 Å². The predicted octanol–water partition coefficient (Wildman–Crippen LogP) is 9.18. The zero-order valence-electron chi connectivity index (χ0n) is 22.2. The first-order valence-corrected chi connectivity index (χ1v) is 14.5. The zero-order valence-corrected chi connectivity index (χ0v) is 22.2. The Morgan fingerprint density at radius 1 is 0.657 bits per heavy atom. The van der Waals surface area contributed by atoms with E-state index in [4.69, 9.17) is 9.47 Å². The Balaban J connectivity index is 1.25. The molecule has 2 aromatic rings. The maximum Gasteiger partial charge on any atom is 0.159 e. The van der Waals surface area contributed by atoms with E-state index in [-0.39, 0.29) is 0 Å². The summed E-state index contributed by atoms with van der Waals surface area (Å²) in [5.41, 5.74) is 0.999. The fraction of sp³-hybridized carbons (Fsp3) is 0.677. The molecule has 0 amide bonds. The van der Waals surface area contributed by atoms with Crippen LogP contribution in [0.3, 0.4) is 0 Å². The van der Waals surface area contributed by atoms with Crippen LogP contribution in [0, 0.1) is 5.92 Å². The molecule has 0 spiro atoms. The van der Waals surface area contributed by atoms with Crippen LogP contribution in [0.4, 0.5) is 0 Å². The lowest BCUT2D eigenvalue weighted by Crippen LogP contribution is -2.06. The third kappa shape index (κ3) is 11.5. The van der Waals surface area contributed by atoms with Crippen molar-refractivity contribution in [3.63, 3.8) is 0 Å². The van der Waals surface area contributed by atoms with Gasteiger partial charge in [-0.15, -0.1) is 0 Å². The minimum absolute atomic E-state index is 0.722.